The van der Waals surface area contributed by atoms with Crippen molar-refractivity contribution in [2.75, 3.05) is 13.2 Å². The molecule has 0 aromatic carbocycles. The van der Waals surface area contributed by atoms with Crippen molar-refractivity contribution in [3.05, 3.63) is 17.0 Å². The smallest absolute Gasteiger partial charge is 0.250 e. The molecule has 1 aliphatic carbocycles. The molecule has 2 N–H and O–H groups in total. The second-order valence-corrected chi connectivity index (χ2v) is 8.37. The van der Waals surface area contributed by atoms with Crippen molar-refractivity contribution in [2.45, 2.75) is 56.0 Å². The number of ether oxygens (including phenoxy) is 1. The molecule has 1 aromatic heterocycles. The molecule has 0 atom stereocenters. The summed E-state index contributed by atoms with van der Waals surface area (Å²) in [7, 11) is -3.38. The monoisotopic (exact) mass is 332 g/mol. The highest BCUT2D eigenvalue weighted by atomic mass is 32.2. The van der Waals surface area contributed by atoms with Crippen LogP contribution in [-0.4, -0.2) is 33.7 Å². The first-order valence-electron chi connectivity index (χ1n) is 7.48. The minimum absolute atomic E-state index is 0.00955. The lowest BCUT2D eigenvalue weighted by Gasteiger charge is -2.34. The van der Waals surface area contributed by atoms with Crippen LogP contribution in [0.5, 0.6) is 0 Å². The van der Waals surface area contributed by atoms with Crippen LogP contribution in [0.15, 0.2) is 16.3 Å². The third-order valence-electron chi connectivity index (χ3n) is 3.45. The lowest BCUT2D eigenvalue weighted by atomic mass is 9.90. The van der Waals surface area contributed by atoms with Gasteiger partial charge in [0.05, 0.1) is 6.10 Å². The summed E-state index contributed by atoms with van der Waals surface area (Å²) in [5, 5.41) is 3.28. The molecule has 5 nitrogen and oxygen atoms in total. The Hall–Kier alpha value is -0.470. The fourth-order valence-electron chi connectivity index (χ4n) is 2.30. The topological polar surface area (TPSA) is 67.4 Å². The van der Waals surface area contributed by atoms with Gasteiger partial charge in [-0.2, -0.15) is 0 Å². The van der Waals surface area contributed by atoms with Gasteiger partial charge in [-0.05, 0) is 44.9 Å². The number of thiophene rings is 1. The van der Waals surface area contributed by atoms with Gasteiger partial charge >= 0.3 is 0 Å². The van der Waals surface area contributed by atoms with Crippen molar-refractivity contribution in [1.82, 2.24) is 10.0 Å². The van der Waals surface area contributed by atoms with Gasteiger partial charge in [0.15, 0.2) is 0 Å². The van der Waals surface area contributed by atoms with Crippen molar-refractivity contribution in [3.63, 3.8) is 0 Å². The van der Waals surface area contributed by atoms with Gasteiger partial charge in [0, 0.05) is 24.1 Å². The van der Waals surface area contributed by atoms with E-state index >= 15 is 0 Å². The second kappa shape index (κ2) is 7.69. The van der Waals surface area contributed by atoms with Crippen LogP contribution in [-0.2, 0) is 21.3 Å². The van der Waals surface area contributed by atoms with Gasteiger partial charge in [0.2, 0.25) is 10.0 Å². The molecule has 1 fully saturated rings. The van der Waals surface area contributed by atoms with Crippen LogP contribution in [0.3, 0.4) is 0 Å². The molecule has 0 unspecified atom stereocenters. The Bertz CT molecular complexity index is 536. The summed E-state index contributed by atoms with van der Waals surface area (Å²) >= 11 is 1.33. The third-order valence-corrected chi connectivity index (χ3v) is 6.54. The van der Waals surface area contributed by atoms with E-state index in [4.69, 9.17) is 4.74 Å². The lowest BCUT2D eigenvalue weighted by molar-refractivity contribution is -0.00474. The molecule has 1 aliphatic rings. The number of sulfonamides is 1. The summed E-state index contributed by atoms with van der Waals surface area (Å²) in [4.78, 5) is 1.05. The quantitative estimate of drug-likeness (QED) is 0.680. The summed E-state index contributed by atoms with van der Waals surface area (Å²) < 4.78 is 33.2. The zero-order valence-corrected chi connectivity index (χ0v) is 14.2. The molecule has 0 aliphatic heterocycles. The zero-order valence-electron chi connectivity index (χ0n) is 12.6. The minimum Gasteiger partial charge on any atom is -0.378 e. The molecule has 7 heteroatoms. The SMILES string of the molecule is CCCNCc1ccc(S(=O)(=O)NC2CC(OCC)C2)s1. The van der Waals surface area contributed by atoms with E-state index in [1.54, 1.807) is 6.07 Å². The molecule has 1 aromatic rings. The van der Waals surface area contributed by atoms with E-state index in [-0.39, 0.29) is 12.1 Å². The van der Waals surface area contributed by atoms with Gasteiger partial charge in [-0.25, -0.2) is 13.1 Å². The minimum atomic E-state index is -3.38. The van der Waals surface area contributed by atoms with E-state index in [0.29, 0.717) is 10.8 Å². The first-order chi connectivity index (χ1) is 10.0. The Balaban J connectivity index is 1.85. The lowest BCUT2D eigenvalue weighted by Crippen LogP contribution is -2.47. The average Bonchev–Trinajstić information content (AvgIpc) is 2.86. The van der Waals surface area contributed by atoms with E-state index in [0.717, 1.165) is 37.2 Å². The summed E-state index contributed by atoms with van der Waals surface area (Å²) in [6, 6.07) is 3.58. The molecule has 0 amide bonds. The molecular formula is C14H24N2O3S2. The van der Waals surface area contributed by atoms with Crippen LogP contribution in [0.4, 0.5) is 0 Å². The number of rotatable bonds is 9. The Kier molecular flexibility index (Phi) is 6.19. The highest BCUT2D eigenvalue weighted by molar-refractivity contribution is 7.91. The number of nitrogens with one attached hydrogen (secondary N) is 2. The van der Waals surface area contributed by atoms with Crippen LogP contribution in [0, 0.1) is 0 Å². The average molecular weight is 332 g/mol. The first kappa shape index (κ1) is 16.9. The number of hydrogen-bond acceptors (Lipinski definition) is 5. The molecule has 120 valence electrons. The van der Waals surface area contributed by atoms with E-state index in [1.807, 2.05) is 13.0 Å². The molecule has 0 saturated heterocycles. The summed E-state index contributed by atoms with van der Waals surface area (Å²) in [5.41, 5.74) is 0. The standard InChI is InChI=1S/C14H24N2O3S2/c1-3-7-15-10-13-5-6-14(20-13)21(17,18)16-11-8-12(9-11)19-4-2/h5-6,11-12,15-16H,3-4,7-10H2,1-2H3. The van der Waals surface area contributed by atoms with Crippen molar-refractivity contribution in [3.8, 4) is 0 Å². The molecule has 21 heavy (non-hydrogen) atoms. The first-order valence-corrected chi connectivity index (χ1v) is 9.78. The van der Waals surface area contributed by atoms with Gasteiger partial charge in [-0.3, -0.25) is 0 Å². The normalized spacial score (nSPS) is 22.2. The van der Waals surface area contributed by atoms with Gasteiger partial charge < -0.3 is 10.1 Å². The zero-order chi connectivity index (χ0) is 15.3. The predicted octanol–water partition coefficient (Wildman–Crippen LogP) is 2.09. The van der Waals surface area contributed by atoms with E-state index in [9.17, 15) is 8.42 Å². The summed E-state index contributed by atoms with van der Waals surface area (Å²) in [5.74, 6) is 0. The van der Waals surface area contributed by atoms with Gasteiger partial charge in [0.25, 0.3) is 0 Å². The number of hydrogen-bond donors (Lipinski definition) is 2. The van der Waals surface area contributed by atoms with Crippen LogP contribution in [0.1, 0.15) is 38.0 Å². The summed E-state index contributed by atoms with van der Waals surface area (Å²) in [6.07, 6.45) is 2.81. The largest absolute Gasteiger partial charge is 0.378 e. The van der Waals surface area contributed by atoms with Gasteiger partial charge in [-0.1, -0.05) is 6.92 Å². The Labute approximate surface area is 131 Å². The predicted molar refractivity (Wildman–Crippen MR) is 85.1 cm³/mol. The van der Waals surface area contributed by atoms with Crippen LogP contribution >= 0.6 is 11.3 Å². The Morgan fingerprint density at radius 1 is 1.33 bits per heavy atom. The fraction of sp³-hybridized carbons (Fsp3) is 0.714. The summed E-state index contributed by atoms with van der Waals surface area (Å²) in [6.45, 7) is 6.42. The highest BCUT2D eigenvalue weighted by Crippen LogP contribution is 2.27. The van der Waals surface area contributed by atoms with Gasteiger partial charge in [-0.15, -0.1) is 11.3 Å². The van der Waals surface area contributed by atoms with Crippen molar-refractivity contribution < 1.29 is 13.2 Å². The van der Waals surface area contributed by atoms with Crippen LogP contribution < -0.4 is 10.0 Å². The van der Waals surface area contributed by atoms with E-state index < -0.39 is 10.0 Å². The highest BCUT2D eigenvalue weighted by Gasteiger charge is 2.33. The van der Waals surface area contributed by atoms with Crippen molar-refractivity contribution in [1.29, 1.82) is 0 Å². The van der Waals surface area contributed by atoms with Crippen molar-refractivity contribution in [2.24, 2.45) is 0 Å². The fourth-order valence-corrected chi connectivity index (χ4v) is 4.90. The molecule has 0 radical (unpaired) electrons. The van der Waals surface area contributed by atoms with E-state index in [2.05, 4.69) is 17.0 Å². The maximum atomic E-state index is 12.3. The van der Waals surface area contributed by atoms with Crippen molar-refractivity contribution >= 4 is 21.4 Å². The third kappa shape index (κ3) is 4.75. The van der Waals surface area contributed by atoms with Crippen LogP contribution in [0.2, 0.25) is 0 Å². The molecule has 0 spiro atoms. The molecular weight excluding hydrogens is 308 g/mol. The molecule has 2 rings (SSSR count). The van der Waals surface area contributed by atoms with E-state index in [1.165, 1.54) is 11.3 Å². The Morgan fingerprint density at radius 2 is 2.10 bits per heavy atom. The van der Waals surface area contributed by atoms with Gasteiger partial charge in [0.1, 0.15) is 4.21 Å². The Morgan fingerprint density at radius 3 is 2.76 bits per heavy atom. The molecule has 1 heterocycles. The molecule has 0 bridgehead atoms. The molecule has 1 saturated carbocycles. The second-order valence-electron chi connectivity index (χ2n) is 5.26. The maximum Gasteiger partial charge on any atom is 0.250 e. The van der Waals surface area contributed by atoms with Crippen LogP contribution in [0.25, 0.3) is 0 Å². The maximum absolute atomic E-state index is 12.3.